The number of piperidine rings is 1. The maximum absolute atomic E-state index is 3.86. The average molecular weight is 270 g/mol. The van der Waals surface area contributed by atoms with Gasteiger partial charge < -0.3 is 10.2 Å². The van der Waals surface area contributed by atoms with Gasteiger partial charge >= 0.3 is 0 Å². The van der Waals surface area contributed by atoms with E-state index < -0.39 is 0 Å². The molecule has 1 aliphatic carbocycles. The van der Waals surface area contributed by atoms with Crippen LogP contribution in [0.15, 0.2) is 0 Å². The van der Waals surface area contributed by atoms with Crippen molar-refractivity contribution in [2.24, 2.45) is 5.92 Å². The van der Waals surface area contributed by atoms with Crippen LogP contribution in [0, 0.1) is 5.92 Å². The number of hydrogen-bond donors (Lipinski definition) is 1. The summed E-state index contributed by atoms with van der Waals surface area (Å²) in [5.74, 6) is 0.890. The van der Waals surface area contributed by atoms with E-state index in [1.54, 1.807) is 0 Å². The predicted molar refractivity (Wildman–Crippen MR) is 82.4 cm³/mol. The molecule has 0 radical (unpaired) electrons. The molecule has 0 amide bonds. The Labute approximate surface area is 117 Å². The molecule has 0 spiro atoms. The molecule has 2 nitrogen and oxygen atoms in total. The largest absolute Gasteiger partial charge is 0.313 e. The highest BCUT2D eigenvalue weighted by Gasteiger charge is 2.33. The van der Waals surface area contributed by atoms with Crippen molar-refractivity contribution in [3.63, 3.8) is 0 Å². The molecule has 1 saturated carbocycles. The van der Waals surface area contributed by atoms with Crippen molar-refractivity contribution in [1.29, 1.82) is 0 Å². The Balaban J connectivity index is 1.75. The van der Waals surface area contributed by atoms with Gasteiger partial charge in [0.2, 0.25) is 0 Å². The van der Waals surface area contributed by atoms with Crippen LogP contribution >= 0.6 is 11.8 Å². The molecule has 1 atom stereocenters. The lowest BCUT2D eigenvalue weighted by Crippen LogP contribution is -2.45. The summed E-state index contributed by atoms with van der Waals surface area (Å²) in [5.41, 5.74) is 0. The minimum absolute atomic E-state index is 0.555. The van der Waals surface area contributed by atoms with Gasteiger partial charge in [0.25, 0.3) is 0 Å². The highest BCUT2D eigenvalue weighted by molar-refractivity contribution is 8.00. The Bertz CT molecular complexity index is 243. The second-order valence-corrected chi connectivity index (χ2v) is 7.68. The number of thioether (sulfide) groups is 1. The lowest BCUT2D eigenvalue weighted by atomic mass is 9.90. The Kier molecular flexibility index (Phi) is 5.40. The van der Waals surface area contributed by atoms with E-state index in [4.69, 9.17) is 0 Å². The fourth-order valence-electron chi connectivity index (χ4n) is 3.51. The van der Waals surface area contributed by atoms with E-state index in [-0.39, 0.29) is 0 Å². The lowest BCUT2D eigenvalue weighted by Gasteiger charge is -2.35. The summed E-state index contributed by atoms with van der Waals surface area (Å²) in [7, 11) is 2.25. The topological polar surface area (TPSA) is 15.3 Å². The highest BCUT2D eigenvalue weighted by Crippen LogP contribution is 2.39. The van der Waals surface area contributed by atoms with Crippen molar-refractivity contribution in [3.8, 4) is 0 Å². The molecule has 3 heteroatoms. The zero-order valence-electron chi connectivity index (χ0n) is 12.4. The summed E-state index contributed by atoms with van der Waals surface area (Å²) in [6.45, 7) is 6.19. The van der Waals surface area contributed by atoms with Crippen LogP contribution in [0.4, 0.5) is 0 Å². The molecule has 2 aliphatic rings. The minimum Gasteiger partial charge on any atom is -0.313 e. The first kappa shape index (κ1) is 14.7. The molecule has 0 aromatic carbocycles. The monoisotopic (exact) mass is 270 g/mol. The van der Waals surface area contributed by atoms with E-state index in [1.807, 2.05) is 0 Å². The summed E-state index contributed by atoms with van der Waals surface area (Å²) in [4.78, 5) is 2.46. The summed E-state index contributed by atoms with van der Waals surface area (Å²) >= 11 is 2.10. The highest BCUT2D eigenvalue weighted by atomic mass is 32.2. The summed E-state index contributed by atoms with van der Waals surface area (Å²) in [5, 5.41) is 3.86. The molecule has 0 aromatic heterocycles. The minimum atomic E-state index is 0.555. The van der Waals surface area contributed by atoms with Crippen LogP contribution in [0.25, 0.3) is 0 Å². The fraction of sp³-hybridized carbons (Fsp3) is 1.00. The third-order valence-corrected chi connectivity index (χ3v) is 6.58. The fourth-order valence-corrected chi connectivity index (χ4v) is 4.44. The molecule has 18 heavy (non-hydrogen) atoms. The first-order valence-corrected chi connectivity index (χ1v) is 8.85. The van der Waals surface area contributed by atoms with E-state index in [9.17, 15) is 0 Å². The first-order chi connectivity index (χ1) is 8.65. The van der Waals surface area contributed by atoms with Gasteiger partial charge in [0.05, 0.1) is 0 Å². The quantitative estimate of drug-likeness (QED) is 0.827. The van der Waals surface area contributed by atoms with E-state index in [1.165, 1.54) is 58.2 Å². The van der Waals surface area contributed by atoms with Gasteiger partial charge in [-0.1, -0.05) is 12.8 Å². The molecule has 1 heterocycles. The van der Waals surface area contributed by atoms with Crippen LogP contribution in [0.5, 0.6) is 0 Å². The molecule has 1 N–H and O–H groups in total. The van der Waals surface area contributed by atoms with Gasteiger partial charge in [-0.25, -0.2) is 0 Å². The maximum Gasteiger partial charge on any atom is 0.0281 e. The van der Waals surface area contributed by atoms with Gasteiger partial charge in [-0.15, -0.1) is 0 Å². The van der Waals surface area contributed by atoms with Gasteiger partial charge in [-0.05, 0) is 64.9 Å². The van der Waals surface area contributed by atoms with E-state index in [0.29, 0.717) is 10.8 Å². The van der Waals surface area contributed by atoms with Crippen LogP contribution in [0.1, 0.15) is 45.4 Å². The van der Waals surface area contributed by atoms with E-state index >= 15 is 0 Å². The lowest BCUT2D eigenvalue weighted by molar-refractivity contribution is 0.188. The number of likely N-dealkylation sites (tertiary alicyclic amines) is 1. The van der Waals surface area contributed by atoms with Crippen LogP contribution in [0.3, 0.4) is 0 Å². The summed E-state index contributed by atoms with van der Waals surface area (Å²) in [6, 6.07) is 0.698. The molecule has 106 valence electrons. The zero-order valence-corrected chi connectivity index (χ0v) is 13.2. The maximum atomic E-state index is 3.86. The first-order valence-electron chi connectivity index (χ1n) is 7.62. The molecule has 1 unspecified atom stereocenters. The Morgan fingerprint density at radius 1 is 1.28 bits per heavy atom. The van der Waals surface area contributed by atoms with Gasteiger partial charge in [0.1, 0.15) is 0 Å². The summed E-state index contributed by atoms with van der Waals surface area (Å²) in [6.07, 6.45) is 10.7. The molecule has 1 aliphatic heterocycles. The van der Waals surface area contributed by atoms with Gasteiger partial charge in [-0.2, -0.15) is 11.8 Å². The van der Waals surface area contributed by atoms with E-state index in [2.05, 4.69) is 42.2 Å². The SMILES string of the molecule is CSC1(CNC(C)C2CCN(C)CC2)CCCC1. The number of rotatable bonds is 5. The van der Waals surface area contributed by atoms with Crippen LogP contribution < -0.4 is 5.32 Å². The molecular weight excluding hydrogens is 240 g/mol. The van der Waals surface area contributed by atoms with Crippen molar-refractivity contribution < 1.29 is 0 Å². The molecule has 1 saturated heterocycles. The van der Waals surface area contributed by atoms with Crippen molar-refractivity contribution in [1.82, 2.24) is 10.2 Å². The molecular formula is C15H30N2S. The van der Waals surface area contributed by atoms with Crippen molar-refractivity contribution >= 4 is 11.8 Å². The number of hydrogen-bond acceptors (Lipinski definition) is 3. The molecule has 2 fully saturated rings. The van der Waals surface area contributed by atoms with Gasteiger partial charge in [0, 0.05) is 17.3 Å². The number of nitrogens with one attached hydrogen (secondary N) is 1. The van der Waals surface area contributed by atoms with Crippen molar-refractivity contribution in [2.75, 3.05) is 32.9 Å². The average Bonchev–Trinajstić information content (AvgIpc) is 2.86. The molecule has 2 rings (SSSR count). The van der Waals surface area contributed by atoms with Crippen LogP contribution in [0.2, 0.25) is 0 Å². The van der Waals surface area contributed by atoms with Gasteiger partial charge in [0.15, 0.2) is 0 Å². The van der Waals surface area contributed by atoms with Crippen LogP contribution in [-0.2, 0) is 0 Å². The summed E-state index contributed by atoms with van der Waals surface area (Å²) < 4.78 is 0.555. The normalized spacial score (nSPS) is 27.5. The third-order valence-electron chi connectivity index (χ3n) is 5.16. The van der Waals surface area contributed by atoms with Crippen molar-refractivity contribution in [2.45, 2.75) is 56.2 Å². The standard InChI is InChI=1S/C15H30N2S/c1-13(14-6-10-17(2)11-7-14)16-12-15(18-3)8-4-5-9-15/h13-14,16H,4-12H2,1-3H3. The smallest absolute Gasteiger partial charge is 0.0281 e. The van der Waals surface area contributed by atoms with E-state index in [0.717, 1.165) is 5.92 Å². The molecule has 0 aromatic rings. The second kappa shape index (κ2) is 6.62. The third kappa shape index (κ3) is 3.64. The second-order valence-electron chi connectivity index (χ2n) is 6.40. The van der Waals surface area contributed by atoms with Crippen molar-refractivity contribution in [3.05, 3.63) is 0 Å². The predicted octanol–water partition coefficient (Wildman–Crippen LogP) is 2.98. The van der Waals surface area contributed by atoms with Gasteiger partial charge in [-0.3, -0.25) is 0 Å². The molecule has 0 bridgehead atoms. The zero-order chi connectivity index (χ0) is 13.0. The Morgan fingerprint density at radius 2 is 1.89 bits per heavy atom. The Morgan fingerprint density at radius 3 is 2.44 bits per heavy atom. The Hall–Kier alpha value is 0.270. The number of nitrogens with zero attached hydrogens (tertiary/aromatic N) is 1. The van der Waals surface area contributed by atoms with Crippen LogP contribution in [-0.4, -0.2) is 48.6 Å².